The number of hydrogen-bond acceptors (Lipinski definition) is 1. The van der Waals surface area contributed by atoms with Crippen molar-refractivity contribution in [3.05, 3.63) is 48.2 Å². The minimum atomic E-state index is 0.651. The minimum Gasteiger partial charge on any atom is -0.361 e. The highest BCUT2D eigenvalue weighted by molar-refractivity contribution is 5.88. The molecule has 1 fully saturated rings. The summed E-state index contributed by atoms with van der Waals surface area (Å²) in [5, 5.41) is 1.50. The maximum Gasteiger partial charge on any atom is 0.0459 e. The molecule has 0 spiro atoms. The van der Waals surface area contributed by atoms with Gasteiger partial charge in [-0.2, -0.15) is 0 Å². The monoisotopic (exact) mass is 266 g/mol. The van der Waals surface area contributed by atoms with Gasteiger partial charge in [-0.1, -0.05) is 25.1 Å². The third-order valence-corrected chi connectivity index (χ3v) is 5.15. The van der Waals surface area contributed by atoms with Crippen LogP contribution < -0.4 is 0 Å². The number of aromatic amines is 1. The average molecular weight is 266 g/mol. The second-order valence-electron chi connectivity index (χ2n) is 6.55. The van der Waals surface area contributed by atoms with Crippen LogP contribution in [0.15, 0.2) is 37.1 Å². The second kappa shape index (κ2) is 4.49. The summed E-state index contributed by atoms with van der Waals surface area (Å²) in [4.78, 5) is 6.09. The molecular weight excluding hydrogens is 244 g/mol. The molecule has 0 radical (unpaired) electrons. The van der Waals surface area contributed by atoms with Gasteiger partial charge in [0.25, 0.3) is 0 Å². The SMILES string of the molecule is C=CCN1C[C@H](C)CC2c3cccc4[nH]cc(c34)C[C@H]21. The van der Waals surface area contributed by atoms with E-state index in [9.17, 15) is 0 Å². The van der Waals surface area contributed by atoms with Crippen molar-refractivity contribution in [3.63, 3.8) is 0 Å². The van der Waals surface area contributed by atoms with Crippen LogP contribution in [0.2, 0.25) is 0 Å². The number of aromatic nitrogens is 1. The number of nitrogens with zero attached hydrogens (tertiary/aromatic N) is 1. The topological polar surface area (TPSA) is 19.0 Å². The fourth-order valence-corrected chi connectivity index (χ4v) is 4.42. The van der Waals surface area contributed by atoms with E-state index in [-0.39, 0.29) is 0 Å². The number of piperidine rings is 1. The Morgan fingerprint density at radius 3 is 3.20 bits per heavy atom. The van der Waals surface area contributed by atoms with E-state index in [1.165, 1.54) is 35.9 Å². The van der Waals surface area contributed by atoms with Gasteiger partial charge in [-0.3, -0.25) is 4.90 Å². The molecule has 2 nitrogen and oxygen atoms in total. The molecule has 2 heterocycles. The predicted octanol–water partition coefficient (Wildman–Crippen LogP) is 3.70. The summed E-state index contributed by atoms with van der Waals surface area (Å²) in [5.74, 6) is 1.46. The molecule has 2 aromatic rings. The normalized spacial score (nSPS) is 29.4. The molecule has 2 aliphatic rings. The number of likely N-dealkylation sites (tertiary alicyclic amines) is 1. The Morgan fingerprint density at radius 2 is 2.35 bits per heavy atom. The van der Waals surface area contributed by atoms with Crippen molar-refractivity contribution < 1.29 is 0 Å². The van der Waals surface area contributed by atoms with Gasteiger partial charge in [-0.25, -0.2) is 0 Å². The van der Waals surface area contributed by atoms with Crippen LogP contribution in [0.3, 0.4) is 0 Å². The third-order valence-electron chi connectivity index (χ3n) is 5.15. The summed E-state index contributed by atoms with van der Waals surface area (Å²) < 4.78 is 0. The lowest BCUT2D eigenvalue weighted by Crippen LogP contribution is -2.49. The highest BCUT2D eigenvalue weighted by Gasteiger charge is 2.39. The van der Waals surface area contributed by atoms with Gasteiger partial charge in [0.2, 0.25) is 0 Å². The largest absolute Gasteiger partial charge is 0.361 e. The highest BCUT2D eigenvalue weighted by atomic mass is 15.2. The summed E-state index contributed by atoms with van der Waals surface area (Å²) in [6.07, 6.45) is 6.78. The summed E-state index contributed by atoms with van der Waals surface area (Å²) in [6.45, 7) is 8.56. The van der Waals surface area contributed by atoms with E-state index in [4.69, 9.17) is 0 Å². The van der Waals surface area contributed by atoms with E-state index < -0.39 is 0 Å². The molecule has 1 aromatic carbocycles. The molecule has 1 aliphatic carbocycles. The van der Waals surface area contributed by atoms with Crippen LogP contribution in [0.4, 0.5) is 0 Å². The summed E-state index contributed by atoms with van der Waals surface area (Å²) in [5.41, 5.74) is 4.38. The first-order chi connectivity index (χ1) is 9.78. The lowest BCUT2D eigenvalue weighted by Gasteiger charge is -2.46. The zero-order chi connectivity index (χ0) is 13.7. The first kappa shape index (κ1) is 12.2. The van der Waals surface area contributed by atoms with Crippen LogP contribution in [0.1, 0.15) is 30.4 Å². The van der Waals surface area contributed by atoms with Crippen LogP contribution >= 0.6 is 0 Å². The van der Waals surface area contributed by atoms with Gasteiger partial charge in [0.05, 0.1) is 0 Å². The van der Waals surface area contributed by atoms with Gasteiger partial charge >= 0.3 is 0 Å². The van der Waals surface area contributed by atoms with E-state index in [2.05, 4.69) is 53.9 Å². The number of H-pyrrole nitrogens is 1. The zero-order valence-electron chi connectivity index (χ0n) is 12.1. The molecule has 3 atom stereocenters. The Bertz CT molecular complexity index is 654. The molecule has 1 N–H and O–H groups in total. The Kier molecular flexibility index (Phi) is 2.74. The van der Waals surface area contributed by atoms with Crippen LogP contribution in [0, 0.1) is 5.92 Å². The van der Waals surface area contributed by atoms with Crippen molar-refractivity contribution >= 4 is 10.9 Å². The molecule has 0 amide bonds. The maximum absolute atomic E-state index is 3.94. The molecule has 104 valence electrons. The lowest BCUT2D eigenvalue weighted by molar-refractivity contribution is 0.104. The molecule has 4 rings (SSSR count). The van der Waals surface area contributed by atoms with E-state index in [1.807, 2.05) is 0 Å². The van der Waals surface area contributed by atoms with Gasteiger partial charge in [0.15, 0.2) is 0 Å². The number of nitrogens with one attached hydrogen (secondary N) is 1. The van der Waals surface area contributed by atoms with Crippen LogP contribution in [-0.2, 0) is 6.42 Å². The Morgan fingerprint density at radius 1 is 1.45 bits per heavy atom. The fraction of sp³-hybridized carbons (Fsp3) is 0.444. The molecular formula is C18H22N2. The van der Waals surface area contributed by atoms with Crippen molar-refractivity contribution in [2.75, 3.05) is 13.1 Å². The van der Waals surface area contributed by atoms with Crippen molar-refractivity contribution in [2.45, 2.75) is 31.7 Å². The average Bonchev–Trinajstić information content (AvgIpc) is 2.85. The molecule has 1 unspecified atom stereocenters. The first-order valence-corrected chi connectivity index (χ1v) is 7.71. The van der Waals surface area contributed by atoms with Gasteiger partial charge in [0.1, 0.15) is 0 Å². The Balaban J connectivity index is 1.84. The van der Waals surface area contributed by atoms with Crippen LogP contribution in [0.25, 0.3) is 10.9 Å². The standard InChI is InChI=1S/C18H22N2/c1-3-7-20-11-12(2)8-15-14-5-4-6-16-18(14)13(10-19-16)9-17(15)20/h3-6,10,12,15,17,19H,1,7-9,11H2,2H3/t12-,15?,17-/m1/s1. The van der Waals surface area contributed by atoms with Gasteiger partial charge in [0, 0.05) is 42.1 Å². The molecule has 0 bridgehead atoms. The fourth-order valence-electron chi connectivity index (χ4n) is 4.42. The van der Waals surface area contributed by atoms with Crippen molar-refractivity contribution in [1.82, 2.24) is 9.88 Å². The van der Waals surface area contributed by atoms with Crippen molar-refractivity contribution in [3.8, 4) is 0 Å². The maximum atomic E-state index is 3.94. The molecule has 0 saturated carbocycles. The van der Waals surface area contributed by atoms with Gasteiger partial charge in [-0.15, -0.1) is 6.58 Å². The van der Waals surface area contributed by atoms with E-state index in [0.29, 0.717) is 12.0 Å². The molecule has 20 heavy (non-hydrogen) atoms. The Hall–Kier alpha value is -1.54. The minimum absolute atomic E-state index is 0.651. The summed E-state index contributed by atoms with van der Waals surface area (Å²) >= 11 is 0. The quantitative estimate of drug-likeness (QED) is 0.821. The van der Waals surface area contributed by atoms with E-state index >= 15 is 0 Å². The first-order valence-electron chi connectivity index (χ1n) is 7.71. The second-order valence-corrected chi connectivity index (χ2v) is 6.55. The molecule has 1 aromatic heterocycles. The van der Waals surface area contributed by atoms with Crippen molar-refractivity contribution in [1.29, 1.82) is 0 Å². The molecule has 1 aliphatic heterocycles. The lowest BCUT2D eigenvalue weighted by atomic mass is 9.72. The van der Waals surface area contributed by atoms with Crippen LogP contribution in [0.5, 0.6) is 0 Å². The number of fused-ring (bicyclic) bond motifs is 2. The number of rotatable bonds is 2. The van der Waals surface area contributed by atoms with Crippen LogP contribution in [-0.4, -0.2) is 29.0 Å². The Labute approximate surface area is 120 Å². The van der Waals surface area contributed by atoms with Crippen molar-refractivity contribution in [2.24, 2.45) is 5.92 Å². The predicted molar refractivity (Wildman–Crippen MR) is 84.1 cm³/mol. The van der Waals surface area contributed by atoms with Gasteiger partial charge < -0.3 is 4.98 Å². The summed E-state index contributed by atoms with van der Waals surface area (Å²) in [6, 6.07) is 7.41. The number of benzene rings is 1. The van der Waals surface area contributed by atoms with E-state index in [0.717, 1.165) is 12.5 Å². The smallest absolute Gasteiger partial charge is 0.0459 e. The highest BCUT2D eigenvalue weighted by Crippen LogP contribution is 2.44. The summed E-state index contributed by atoms with van der Waals surface area (Å²) in [7, 11) is 0. The molecule has 1 saturated heterocycles. The third kappa shape index (κ3) is 1.68. The van der Waals surface area contributed by atoms with Gasteiger partial charge in [-0.05, 0) is 36.0 Å². The molecule has 2 heteroatoms. The van der Waals surface area contributed by atoms with E-state index in [1.54, 1.807) is 5.56 Å². The zero-order valence-corrected chi connectivity index (χ0v) is 12.1. The number of hydrogen-bond donors (Lipinski definition) is 1.